The van der Waals surface area contributed by atoms with Crippen molar-refractivity contribution < 1.29 is 18.9 Å². The van der Waals surface area contributed by atoms with Gasteiger partial charge in [-0.2, -0.15) is 0 Å². The molecule has 170 valence electrons. The normalized spacial score (nSPS) is 12.5. The zero-order chi connectivity index (χ0) is 20.5. The summed E-state index contributed by atoms with van der Waals surface area (Å²) in [5.41, 5.74) is 0. The van der Waals surface area contributed by atoms with E-state index in [1.54, 1.807) is 0 Å². The summed E-state index contributed by atoms with van der Waals surface area (Å²) in [6.07, 6.45) is 16.3. The van der Waals surface area contributed by atoms with E-state index in [0.717, 1.165) is 19.6 Å². The van der Waals surface area contributed by atoms with E-state index >= 15 is 0 Å². The molecule has 0 heterocycles. The zero-order valence-corrected chi connectivity index (χ0v) is 19.4. The van der Waals surface area contributed by atoms with Crippen LogP contribution in [0, 0.1) is 5.92 Å². The fraction of sp³-hybridized carbons (Fsp3) is 1.00. The van der Waals surface area contributed by atoms with E-state index < -0.39 is 0 Å². The van der Waals surface area contributed by atoms with Crippen molar-refractivity contribution >= 4 is 0 Å². The van der Waals surface area contributed by atoms with Gasteiger partial charge in [0.25, 0.3) is 0 Å². The van der Waals surface area contributed by atoms with E-state index in [1.807, 2.05) is 0 Å². The van der Waals surface area contributed by atoms with Gasteiger partial charge in [0.05, 0.1) is 39.6 Å². The lowest BCUT2D eigenvalue weighted by Gasteiger charge is -2.10. The molecule has 0 bridgehead atoms. The summed E-state index contributed by atoms with van der Waals surface area (Å²) in [6, 6.07) is 0. The smallest absolute Gasteiger partial charge is 0.0701 e. The molecule has 0 aromatic carbocycles. The maximum atomic E-state index is 5.62. The molecule has 1 unspecified atom stereocenters. The van der Waals surface area contributed by atoms with E-state index in [9.17, 15) is 0 Å². The van der Waals surface area contributed by atoms with Crippen LogP contribution >= 0.6 is 0 Å². The predicted octanol–water partition coefficient (Wildman–Crippen LogP) is 6.41. The minimum atomic E-state index is 0.630. The van der Waals surface area contributed by atoms with Crippen molar-refractivity contribution in [2.75, 3.05) is 52.9 Å². The Morgan fingerprint density at radius 3 is 1.32 bits per heavy atom. The Morgan fingerprint density at radius 2 is 0.857 bits per heavy atom. The van der Waals surface area contributed by atoms with Crippen molar-refractivity contribution in [3.8, 4) is 0 Å². The lowest BCUT2D eigenvalue weighted by molar-refractivity contribution is -0.00563. The van der Waals surface area contributed by atoms with Crippen molar-refractivity contribution in [3.63, 3.8) is 0 Å². The molecule has 0 rings (SSSR count). The van der Waals surface area contributed by atoms with Crippen LogP contribution in [0.15, 0.2) is 0 Å². The van der Waals surface area contributed by atoms with Crippen molar-refractivity contribution in [1.29, 1.82) is 0 Å². The molecule has 0 radical (unpaired) electrons. The van der Waals surface area contributed by atoms with Gasteiger partial charge in [0, 0.05) is 13.2 Å². The second kappa shape index (κ2) is 24.9. The highest BCUT2D eigenvalue weighted by Crippen LogP contribution is 2.11. The quantitative estimate of drug-likeness (QED) is 0.175. The first kappa shape index (κ1) is 27.8. The minimum absolute atomic E-state index is 0.630. The summed E-state index contributed by atoms with van der Waals surface area (Å²) in [7, 11) is 0. The molecule has 1 atom stereocenters. The van der Waals surface area contributed by atoms with Gasteiger partial charge < -0.3 is 18.9 Å². The number of hydrogen-bond donors (Lipinski definition) is 0. The third-order valence-electron chi connectivity index (χ3n) is 5.11. The van der Waals surface area contributed by atoms with E-state index in [2.05, 4.69) is 20.8 Å². The van der Waals surface area contributed by atoms with Gasteiger partial charge in [-0.1, -0.05) is 91.4 Å². The van der Waals surface area contributed by atoms with Gasteiger partial charge in [0.15, 0.2) is 0 Å². The molecule has 28 heavy (non-hydrogen) atoms. The Hall–Kier alpha value is -0.160. The summed E-state index contributed by atoms with van der Waals surface area (Å²) < 4.78 is 22.2. The molecule has 0 N–H and O–H groups in total. The second-order valence-corrected chi connectivity index (χ2v) is 7.96. The summed E-state index contributed by atoms with van der Waals surface area (Å²) in [4.78, 5) is 0. The van der Waals surface area contributed by atoms with Gasteiger partial charge in [-0.3, -0.25) is 0 Å². The maximum Gasteiger partial charge on any atom is 0.0701 e. The van der Waals surface area contributed by atoms with E-state index in [1.165, 1.54) is 70.6 Å². The van der Waals surface area contributed by atoms with Crippen LogP contribution in [-0.2, 0) is 18.9 Å². The molecular formula is C24H50O4. The molecule has 0 aliphatic rings. The van der Waals surface area contributed by atoms with Crippen LogP contribution in [-0.4, -0.2) is 52.9 Å². The zero-order valence-electron chi connectivity index (χ0n) is 19.4. The summed E-state index contributed by atoms with van der Waals surface area (Å²) in [5.74, 6) is 0.633. The fourth-order valence-electron chi connectivity index (χ4n) is 2.93. The molecular weight excluding hydrogens is 352 g/mol. The SMILES string of the molecule is CCCCCCCCCCCCCOCCOCCOCCOCC(C)CC. The molecule has 0 fully saturated rings. The number of rotatable bonds is 24. The third-order valence-corrected chi connectivity index (χ3v) is 5.11. The lowest BCUT2D eigenvalue weighted by atomic mass is 10.1. The summed E-state index contributed by atoms with van der Waals surface area (Å²) in [6.45, 7) is 12.3. The van der Waals surface area contributed by atoms with Crippen molar-refractivity contribution in [2.45, 2.75) is 97.8 Å². The van der Waals surface area contributed by atoms with Crippen LogP contribution in [0.4, 0.5) is 0 Å². The highest BCUT2D eigenvalue weighted by atomic mass is 16.6. The molecule has 0 aromatic heterocycles. The summed E-state index contributed by atoms with van der Waals surface area (Å²) in [5, 5.41) is 0. The summed E-state index contributed by atoms with van der Waals surface area (Å²) >= 11 is 0. The molecule has 0 aliphatic heterocycles. The van der Waals surface area contributed by atoms with E-state index in [4.69, 9.17) is 18.9 Å². The Morgan fingerprint density at radius 1 is 0.464 bits per heavy atom. The van der Waals surface area contributed by atoms with Crippen LogP contribution in [0.2, 0.25) is 0 Å². The van der Waals surface area contributed by atoms with E-state index in [0.29, 0.717) is 45.6 Å². The van der Waals surface area contributed by atoms with Crippen LogP contribution in [0.25, 0.3) is 0 Å². The number of ether oxygens (including phenoxy) is 4. The first-order valence-electron chi connectivity index (χ1n) is 12.1. The van der Waals surface area contributed by atoms with Crippen LogP contribution in [0.5, 0.6) is 0 Å². The Kier molecular flexibility index (Phi) is 24.7. The number of unbranched alkanes of at least 4 members (excludes halogenated alkanes) is 10. The van der Waals surface area contributed by atoms with Gasteiger partial charge in [-0.05, 0) is 12.3 Å². The van der Waals surface area contributed by atoms with Crippen molar-refractivity contribution in [3.05, 3.63) is 0 Å². The second-order valence-electron chi connectivity index (χ2n) is 7.96. The van der Waals surface area contributed by atoms with Crippen LogP contribution < -0.4 is 0 Å². The van der Waals surface area contributed by atoms with Crippen molar-refractivity contribution in [1.82, 2.24) is 0 Å². The number of hydrogen-bond acceptors (Lipinski definition) is 4. The molecule has 0 aliphatic carbocycles. The monoisotopic (exact) mass is 402 g/mol. The molecule has 0 spiro atoms. The molecule has 4 heteroatoms. The average molecular weight is 403 g/mol. The maximum absolute atomic E-state index is 5.62. The van der Waals surface area contributed by atoms with Crippen LogP contribution in [0.1, 0.15) is 97.8 Å². The lowest BCUT2D eigenvalue weighted by Crippen LogP contribution is -2.13. The van der Waals surface area contributed by atoms with Crippen LogP contribution in [0.3, 0.4) is 0 Å². The highest BCUT2D eigenvalue weighted by Gasteiger charge is 1.98. The largest absolute Gasteiger partial charge is 0.379 e. The molecule has 4 nitrogen and oxygen atoms in total. The Labute approximate surface area is 176 Å². The van der Waals surface area contributed by atoms with Gasteiger partial charge in [0.2, 0.25) is 0 Å². The van der Waals surface area contributed by atoms with Crippen molar-refractivity contribution in [2.24, 2.45) is 5.92 Å². The minimum Gasteiger partial charge on any atom is -0.379 e. The molecule has 0 saturated heterocycles. The van der Waals surface area contributed by atoms with Gasteiger partial charge in [0.1, 0.15) is 0 Å². The van der Waals surface area contributed by atoms with E-state index in [-0.39, 0.29) is 0 Å². The molecule has 0 amide bonds. The first-order valence-corrected chi connectivity index (χ1v) is 12.1. The standard InChI is InChI=1S/C24H50O4/c1-4-6-7-8-9-10-11-12-13-14-15-16-25-17-18-26-19-20-27-21-22-28-23-24(3)5-2/h24H,4-23H2,1-3H3. The molecule has 0 aromatic rings. The first-order chi connectivity index (χ1) is 13.8. The van der Waals surface area contributed by atoms with Gasteiger partial charge in [-0.25, -0.2) is 0 Å². The Bertz CT molecular complexity index is 273. The third kappa shape index (κ3) is 23.9. The topological polar surface area (TPSA) is 36.9 Å². The fourth-order valence-corrected chi connectivity index (χ4v) is 2.93. The van der Waals surface area contributed by atoms with Gasteiger partial charge in [-0.15, -0.1) is 0 Å². The Balaban J connectivity index is 3.00. The molecule has 0 saturated carbocycles. The predicted molar refractivity (Wildman–Crippen MR) is 119 cm³/mol. The average Bonchev–Trinajstić information content (AvgIpc) is 2.71. The van der Waals surface area contributed by atoms with Gasteiger partial charge >= 0.3 is 0 Å². The highest BCUT2D eigenvalue weighted by molar-refractivity contribution is 4.48.